The van der Waals surface area contributed by atoms with Crippen molar-refractivity contribution < 1.29 is 44.7 Å². The molecule has 1 aliphatic rings. The Bertz CT molecular complexity index is 599. The molecule has 0 amide bonds. The van der Waals surface area contributed by atoms with Crippen molar-refractivity contribution in [2.45, 2.75) is 12.8 Å². The van der Waals surface area contributed by atoms with Crippen LogP contribution in [-0.4, -0.2) is 154 Å². The minimum atomic E-state index is -1.03. The molecular weight excluding hydrogens is 440 g/mol. The quantitative estimate of drug-likeness (QED) is 0.232. The SMILES string of the molecule is O=C(O)CN1CCCN(CC(=O)O)CCN(CC(=O)O)CC(CCO)CN(CC(=O)O)CC1. The number of aliphatic hydroxyl groups is 1. The van der Waals surface area contributed by atoms with Crippen molar-refractivity contribution in [3.63, 3.8) is 0 Å². The van der Waals surface area contributed by atoms with Crippen molar-refractivity contribution in [1.82, 2.24) is 19.6 Å². The van der Waals surface area contributed by atoms with Crippen molar-refractivity contribution in [2.75, 3.05) is 85.1 Å². The van der Waals surface area contributed by atoms with Crippen molar-refractivity contribution in [3.05, 3.63) is 0 Å². The average molecular weight is 477 g/mol. The fraction of sp³-hybridized carbons (Fsp3) is 0.800. The zero-order valence-corrected chi connectivity index (χ0v) is 18.8. The van der Waals surface area contributed by atoms with Gasteiger partial charge in [-0.15, -0.1) is 0 Å². The predicted octanol–water partition coefficient (Wildman–Crippen LogP) is -2.06. The molecule has 1 rings (SSSR count). The van der Waals surface area contributed by atoms with Crippen LogP contribution in [0, 0.1) is 5.92 Å². The number of rotatable bonds is 10. The molecule has 13 heteroatoms. The van der Waals surface area contributed by atoms with E-state index < -0.39 is 23.9 Å². The van der Waals surface area contributed by atoms with Crippen molar-refractivity contribution in [1.29, 1.82) is 0 Å². The van der Waals surface area contributed by atoms with Gasteiger partial charge in [0.25, 0.3) is 0 Å². The molecule has 0 atom stereocenters. The summed E-state index contributed by atoms with van der Waals surface area (Å²) in [6.45, 7) is 1.48. The van der Waals surface area contributed by atoms with E-state index in [2.05, 4.69) is 0 Å². The van der Waals surface area contributed by atoms with Gasteiger partial charge in [0.05, 0.1) is 26.2 Å². The van der Waals surface area contributed by atoms with Gasteiger partial charge < -0.3 is 25.5 Å². The third-order valence-corrected chi connectivity index (χ3v) is 5.42. The minimum Gasteiger partial charge on any atom is -0.480 e. The Morgan fingerprint density at radius 2 is 0.909 bits per heavy atom. The number of aliphatic carboxylic acids is 4. The maximum Gasteiger partial charge on any atom is 0.317 e. The Morgan fingerprint density at radius 3 is 1.24 bits per heavy atom. The number of carbonyl (C=O) groups is 4. The first-order valence-corrected chi connectivity index (χ1v) is 11.0. The first-order valence-electron chi connectivity index (χ1n) is 11.0. The van der Waals surface area contributed by atoms with Crippen LogP contribution in [0.25, 0.3) is 0 Å². The molecule has 190 valence electrons. The minimum absolute atomic E-state index is 0.150. The van der Waals surface area contributed by atoms with Gasteiger partial charge in [-0.25, -0.2) is 0 Å². The summed E-state index contributed by atoms with van der Waals surface area (Å²) >= 11 is 0. The van der Waals surface area contributed by atoms with E-state index >= 15 is 0 Å². The van der Waals surface area contributed by atoms with Gasteiger partial charge in [0.1, 0.15) is 0 Å². The summed E-state index contributed by atoms with van der Waals surface area (Å²) in [5, 5.41) is 46.5. The number of hydrogen-bond donors (Lipinski definition) is 5. The maximum absolute atomic E-state index is 11.4. The number of hydrogen-bond acceptors (Lipinski definition) is 9. The highest BCUT2D eigenvalue weighted by Crippen LogP contribution is 2.11. The highest BCUT2D eigenvalue weighted by atomic mass is 16.4. The van der Waals surface area contributed by atoms with E-state index in [4.69, 9.17) is 0 Å². The van der Waals surface area contributed by atoms with Crippen LogP contribution in [0.1, 0.15) is 12.8 Å². The van der Waals surface area contributed by atoms with Crippen LogP contribution in [0.15, 0.2) is 0 Å². The lowest BCUT2D eigenvalue weighted by Gasteiger charge is -2.33. The molecule has 1 aliphatic heterocycles. The molecule has 33 heavy (non-hydrogen) atoms. The van der Waals surface area contributed by atoms with E-state index in [9.17, 15) is 44.7 Å². The summed E-state index contributed by atoms with van der Waals surface area (Å²) in [5.74, 6) is -4.31. The Labute approximate surface area is 192 Å². The number of nitrogens with zero attached hydrogens (tertiary/aromatic N) is 4. The third-order valence-electron chi connectivity index (χ3n) is 5.42. The number of aliphatic hydroxyl groups excluding tert-OH is 1. The summed E-state index contributed by atoms with van der Waals surface area (Å²) in [5.41, 5.74) is 0. The number of carboxylic acids is 4. The van der Waals surface area contributed by atoms with Crippen LogP contribution < -0.4 is 0 Å². The monoisotopic (exact) mass is 476 g/mol. The largest absolute Gasteiger partial charge is 0.480 e. The molecule has 1 heterocycles. The normalized spacial score (nSPS) is 19.7. The first-order chi connectivity index (χ1) is 15.6. The van der Waals surface area contributed by atoms with E-state index in [1.165, 1.54) is 0 Å². The summed E-state index contributed by atoms with van der Waals surface area (Å²) in [4.78, 5) is 52.0. The van der Waals surface area contributed by atoms with E-state index in [0.29, 0.717) is 65.2 Å². The molecule has 0 unspecified atom stereocenters. The lowest BCUT2D eigenvalue weighted by Crippen LogP contribution is -2.47. The van der Waals surface area contributed by atoms with Crippen LogP contribution in [0.3, 0.4) is 0 Å². The highest BCUT2D eigenvalue weighted by Gasteiger charge is 2.23. The Kier molecular flexibility index (Phi) is 13.5. The second-order valence-electron chi connectivity index (χ2n) is 8.33. The molecule has 1 saturated heterocycles. The van der Waals surface area contributed by atoms with Crippen LogP contribution >= 0.6 is 0 Å². The Hall–Kier alpha value is -2.32. The van der Waals surface area contributed by atoms with E-state index in [0.717, 1.165) is 0 Å². The van der Waals surface area contributed by atoms with Gasteiger partial charge in [-0.2, -0.15) is 0 Å². The Balaban J connectivity index is 3.10. The lowest BCUT2D eigenvalue weighted by atomic mass is 10.0. The summed E-state index contributed by atoms with van der Waals surface area (Å²) < 4.78 is 0. The second kappa shape index (κ2) is 15.5. The average Bonchev–Trinajstić information content (AvgIpc) is 2.67. The maximum atomic E-state index is 11.4. The lowest BCUT2D eigenvalue weighted by molar-refractivity contribution is -0.141. The summed E-state index contributed by atoms with van der Waals surface area (Å²) in [6.07, 6.45) is 0.843. The first kappa shape index (κ1) is 28.7. The number of carboxylic acid groups (broad SMARTS) is 4. The molecule has 0 aliphatic carbocycles. The van der Waals surface area contributed by atoms with Crippen LogP contribution in [0.2, 0.25) is 0 Å². The van der Waals surface area contributed by atoms with Gasteiger partial charge in [0.15, 0.2) is 0 Å². The van der Waals surface area contributed by atoms with Gasteiger partial charge in [0, 0.05) is 59.0 Å². The van der Waals surface area contributed by atoms with Crippen molar-refractivity contribution >= 4 is 23.9 Å². The van der Waals surface area contributed by atoms with Gasteiger partial charge in [0.2, 0.25) is 0 Å². The molecule has 0 radical (unpaired) electrons. The zero-order valence-electron chi connectivity index (χ0n) is 18.8. The van der Waals surface area contributed by atoms with Gasteiger partial charge in [-0.1, -0.05) is 0 Å². The standard InChI is InChI=1S/C20H36N4O9/c25-9-2-16-10-23(14-19(30)31)7-5-21(12-17(26)27)3-1-4-22(13-18(28)29)6-8-24(11-16)15-20(32)33/h16,25H,1-15H2,(H,26,27)(H,28,29)(H,30,31)(H,32,33). The van der Waals surface area contributed by atoms with Crippen molar-refractivity contribution in [3.8, 4) is 0 Å². The van der Waals surface area contributed by atoms with Crippen LogP contribution in [-0.2, 0) is 19.2 Å². The molecule has 0 aromatic heterocycles. The highest BCUT2D eigenvalue weighted by molar-refractivity contribution is 5.70. The molecule has 0 saturated carbocycles. The molecule has 0 aromatic rings. The predicted molar refractivity (Wildman–Crippen MR) is 116 cm³/mol. The molecule has 0 bridgehead atoms. The molecular formula is C20H36N4O9. The Morgan fingerprint density at radius 1 is 0.576 bits per heavy atom. The molecule has 1 fully saturated rings. The van der Waals surface area contributed by atoms with Gasteiger partial charge in [-0.3, -0.25) is 38.8 Å². The van der Waals surface area contributed by atoms with E-state index in [1.807, 2.05) is 0 Å². The van der Waals surface area contributed by atoms with Gasteiger partial charge in [-0.05, 0) is 18.8 Å². The molecule has 0 spiro atoms. The second-order valence-corrected chi connectivity index (χ2v) is 8.33. The zero-order chi connectivity index (χ0) is 24.8. The third kappa shape index (κ3) is 13.7. The molecule has 5 N–H and O–H groups in total. The molecule has 13 nitrogen and oxygen atoms in total. The molecule has 0 aromatic carbocycles. The summed E-state index contributed by atoms with van der Waals surface area (Å²) in [7, 11) is 0. The van der Waals surface area contributed by atoms with Crippen LogP contribution in [0.5, 0.6) is 0 Å². The van der Waals surface area contributed by atoms with Crippen LogP contribution in [0.4, 0.5) is 0 Å². The topological polar surface area (TPSA) is 182 Å². The summed E-state index contributed by atoms with van der Waals surface area (Å²) in [6, 6.07) is 0. The van der Waals surface area contributed by atoms with E-state index in [-0.39, 0.29) is 38.7 Å². The smallest absolute Gasteiger partial charge is 0.317 e. The fourth-order valence-electron chi connectivity index (χ4n) is 4.01. The van der Waals surface area contributed by atoms with Gasteiger partial charge >= 0.3 is 23.9 Å². The fourth-order valence-corrected chi connectivity index (χ4v) is 4.01. The van der Waals surface area contributed by atoms with Crippen molar-refractivity contribution in [2.24, 2.45) is 5.92 Å². The van der Waals surface area contributed by atoms with E-state index in [1.54, 1.807) is 19.6 Å².